The second kappa shape index (κ2) is 8.60. The predicted molar refractivity (Wildman–Crippen MR) is 104 cm³/mol. The van der Waals surface area contributed by atoms with E-state index in [-0.39, 0.29) is 0 Å². The molecule has 6 heteroatoms. The van der Waals surface area contributed by atoms with E-state index in [0.29, 0.717) is 31.1 Å². The fourth-order valence-corrected chi connectivity index (χ4v) is 3.13. The number of para-hydroxylation sites is 3. The molecule has 6 nitrogen and oxygen atoms in total. The summed E-state index contributed by atoms with van der Waals surface area (Å²) in [5.74, 6) is 1.01. The number of esters is 1. The largest absolute Gasteiger partial charge is 0.493 e. The number of hydrogen-bond acceptors (Lipinski definition) is 5. The highest BCUT2D eigenvalue weighted by atomic mass is 16.5. The molecular formula is C21H24N2O4. The van der Waals surface area contributed by atoms with Gasteiger partial charge in [0.2, 0.25) is 0 Å². The molecule has 0 saturated carbocycles. The van der Waals surface area contributed by atoms with Crippen molar-refractivity contribution in [1.82, 2.24) is 4.57 Å². The first-order valence-corrected chi connectivity index (χ1v) is 8.80. The third-order valence-corrected chi connectivity index (χ3v) is 4.47. The number of nitrogens with zero attached hydrogens (tertiary/aromatic N) is 1. The fourth-order valence-electron chi connectivity index (χ4n) is 3.13. The van der Waals surface area contributed by atoms with E-state index in [4.69, 9.17) is 19.9 Å². The first-order valence-electron chi connectivity index (χ1n) is 8.80. The van der Waals surface area contributed by atoms with Crippen LogP contribution in [0.1, 0.15) is 5.56 Å². The molecule has 2 N–H and O–H groups in total. The van der Waals surface area contributed by atoms with Crippen LogP contribution in [0, 0.1) is 0 Å². The number of methoxy groups -OCH3 is 2. The Morgan fingerprint density at radius 3 is 2.52 bits per heavy atom. The molecule has 0 aliphatic heterocycles. The molecule has 142 valence electrons. The Bertz CT molecular complexity index is 919. The standard InChI is InChI=1S/C21H24N2O4/c1-25-19-9-5-6-10-20(19)27-12-11-23-14-15(13-17(22)21(24)26-2)16-7-3-4-8-18(16)23/h3-10,14,17H,11-13,22H2,1-2H3. The van der Waals surface area contributed by atoms with Crippen molar-refractivity contribution in [3.8, 4) is 11.5 Å². The van der Waals surface area contributed by atoms with E-state index in [2.05, 4.69) is 4.57 Å². The lowest BCUT2D eigenvalue weighted by Gasteiger charge is -2.11. The maximum absolute atomic E-state index is 11.7. The molecule has 1 aromatic heterocycles. The number of benzene rings is 2. The highest BCUT2D eigenvalue weighted by Gasteiger charge is 2.17. The monoisotopic (exact) mass is 368 g/mol. The van der Waals surface area contributed by atoms with Crippen LogP contribution in [0.25, 0.3) is 10.9 Å². The van der Waals surface area contributed by atoms with Gasteiger partial charge >= 0.3 is 5.97 Å². The topological polar surface area (TPSA) is 75.7 Å². The van der Waals surface area contributed by atoms with Crippen LogP contribution in [0.4, 0.5) is 0 Å². The summed E-state index contributed by atoms with van der Waals surface area (Å²) in [5.41, 5.74) is 8.04. The number of rotatable bonds is 8. The van der Waals surface area contributed by atoms with Gasteiger partial charge in [0.25, 0.3) is 0 Å². The maximum Gasteiger partial charge on any atom is 0.322 e. The summed E-state index contributed by atoms with van der Waals surface area (Å²) in [6, 6.07) is 14.9. The molecule has 0 spiro atoms. The van der Waals surface area contributed by atoms with Crippen LogP contribution in [0.3, 0.4) is 0 Å². The molecule has 27 heavy (non-hydrogen) atoms. The van der Waals surface area contributed by atoms with E-state index >= 15 is 0 Å². The second-order valence-corrected chi connectivity index (χ2v) is 6.20. The van der Waals surface area contributed by atoms with Gasteiger partial charge < -0.3 is 24.5 Å². The quantitative estimate of drug-likeness (QED) is 0.619. The minimum absolute atomic E-state index is 0.411. The van der Waals surface area contributed by atoms with Crippen molar-refractivity contribution in [2.24, 2.45) is 5.73 Å². The highest BCUT2D eigenvalue weighted by Crippen LogP contribution is 2.26. The van der Waals surface area contributed by atoms with Crippen molar-refractivity contribution < 1.29 is 19.0 Å². The Morgan fingerprint density at radius 2 is 1.78 bits per heavy atom. The molecule has 0 aliphatic carbocycles. The van der Waals surface area contributed by atoms with Gasteiger partial charge in [-0.2, -0.15) is 0 Å². The summed E-state index contributed by atoms with van der Waals surface area (Å²) >= 11 is 0. The van der Waals surface area contributed by atoms with Crippen molar-refractivity contribution in [1.29, 1.82) is 0 Å². The zero-order chi connectivity index (χ0) is 19.2. The van der Waals surface area contributed by atoms with E-state index in [1.165, 1.54) is 7.11 Å². The van der Waals surface area contributed by atoms with Gasteiger partial charge in [0.05, 0.1) is 20.8 Å². The molecule has 0 fully saturated rings. The third kappa shape index (κ3) is 4.23. The van der Waals surface area contributed by atoms with E-state index in [0.717, 1.165) is 16.5 Å². The number of carbonyl (C=O) groups excluding carboxylic acids is 1. The number of hydrogen-bond donors (Lipinski definition) is 1. The molecule has 1 unspecified atom stereocenters. The molecule has 2 aromatic carbocycles. The molecule has 0 bridgehead atoms. The maximum atomic E-state index is 11.7. The normalized spacial score (nSPS) is 12.0. The molecular weight excluding hydrogens is 344 g/mol. The van der Waals surface area contributed by atoms with Crippen molar-refractivity contribution >= 4 is 16.9 Å². The second-order valence-electron chi connectivity index (χ2n) is 6.20. The van der Waals surface area contributed by atoms with E-state index in [9.17, 15) is 4.79 Å². The molecule has 1 heterocycles. The minimum atomic E-state index is -0.681. The lowest BCUT2D eigenvalue weighted by atomic mass is 10.1. The summed E-state index contributed by atoms with van der Waals surface area (Å²) in [6.45, 7) is 1.15. The Morgan fingerprint density at radius 1 is 1.07 bits per heavy atom. The van der Waals surface area contributed by atoms with Crippen LogP contribution in [0.15, 0.2) is 54.7 Å². The predicted octanol–water partition coefficient (Wildman–Crippen LogP) is 2.77. The lowest BCUT2D eigenvalue weighted by Crippen LogP contribution is -2.33. The van der Waals surface area contributed by atoms with Gasteiger partial charge in [-0.3, -0.25) is 4.79 Å². The van der Waals surface area contributed by atoms with E-state index in [1.54, 1.807) is 7.11 Å². The van der Waals surface area contributed by atoms with Gasteiger partial charge in [-0.15, -0.1) is 0 Å². The number of nitrogens with two attached hydrogens (primary N) is 1. The molecule has 3 aromatic rings. The minimum Gasteiger partial charge on any atom is -0.493 e. The molecule has 0 amide bonds. The van der Waals surface area contributed by atoms with Gasteiger partial charge in [0.15, 0.2) is 11.5 Å². The van der Waals surface area contributed by atoms with Gasteiger partial charge in [0, 0.05) is 23.5 Å². The number of fused-ring (bicyclic) bond motifs is 1. The highest BCUT2D eigenvalue weighted by molar-refractivity contribution is 5.85. The molecule has 0 radical (unpaired) electrons. The summed E-state index contributed by atoms with van der Waals surface area (Å²) in [4.78, 5) is 11.7. The van der Waals surface area contributed by atoms with Crippen LogP contribution in [-0.4, -0.2) is 37.4 Å². The number of carbonyl (C=O) groups is 1. The Hall–Kier alpha value is -2.99. The first-order chi connectivity index (χ1) is 13.1. The zero-order valence-corrected chi connectivity index (χ0v) is 15.6. The van der Waals surface area contributed by atoms with Gasteiger partial charge in [-0.1, -0.05) is 30.3 Å². The van der Waals surface area contributed by atoms with Crippen molar-refractivity contribution in [2.75, 3.05) is 20.8 Å². The average Bonchev–Trinajstić information content (AvgIpc) is 3.05. The van der Waals surface area contributed by atoms with Gasteiger partial charge in [-0.25, -0.2) is 0 Å². The Kier molecular flexibility index (Phi) is 5.98. The Labute approximate surface area is 158 Å². The third-order valence-electron chi connectivity index (χ3n) is 4.47. The van der Waals surface area contributed by atoms with Crippen LogP contribution >= 0.6 is 0 Å². The summed E-state index contributed by atoms with van der Waals surface area (Å²) in [7, 11) is 2.97. The van der Waals surface area contributed by atoms with Crippen LogP contribution in [0.2, 0.25) is 0 Å². The molecule has 0 aliphatic rings. The van der Waals surface area contributed by atoms with Gasteiger partial charge in [0.1, 0.15) is 12.6 Å². The summed E-state index contributed by atoms with van der Waals surface area (Å²) in [5, 5.41) is 1.08. The molecule has 0 saturated heterocycles. The average molecular weight is 368 g/mol. The van der Waals surface area contributed by atoms with Crippen LogP contribution < -0.4 is 15.2 Å². The first kappa shape index (κ1) is 18.8. The van der Waals surface area contributed by atoms with E-state index in [1.807, 2.05) is 54.7 Å². The number of aromatic nitrogens is 1. The SMILES string of the molecule is COC(=O)C(N)Cc1cn(CCOc2ccccc2OC)c2ccccc12. The Balaban J connectivity index is 1.75. The van der Waals surface area contributed by atoms with Crippen molar-refractivity contribution in [3.05, 3.63) is 60.3 Å². The number of ether oxygens (including phenoxy) is 3. The van der Waals surface area contributed by atoms with E-state index < -0.39 is 12.0 Å². The summed E-state index contributed by atoms with van der Waals surface area (Å²) in [6.07, 6.45) is 2.45. The van der Waals surface area contributed by atoms with Crippen LogP contribution in [0.5, 0.6) is 11.5 Å². The zero-order valence-electron chi connectivity index (χ0n) is 15.6. The van der Waals surface area contributed by atoms with Crippen molar-refractivity contribution in [3.63, 3.8) is 0 Å². The van der Waals surface area contributed by atoms with Crippen molar-refractivity contribution in [2.45, 2.75) is 19.0 Å². The van der Waals surface area contributed by atoms with Gasteiger partial charge in [-0.05, 0) is 23.8 Å². The molecule has 1 atom stereocenters. The van der Waals surface area contributed by atoms with Crippen LogP contribution in [-0.2, 0) is 22.5 Å². The smallest absolute Gasteiger partial charge is 0.322 e. The summed E-state index contributed by atoms with van der Waals surface area (Å²) < 4.78 is 18.0. The fraction of sp³-hybridized carbons (Fsp3) is 0.286. The molecule has 3 rings (SSSR count). The lowest BCUT2D eigenvalue weighted by molar-refractivity contribution is -0.142.